The van der Waals surface area contributed by atoms with Gasteiger partial charge in [0.05, 0.1) is 12.6 Å². The lowest BCUT2D eigenvalue weighted by Crippen LogP contribution is -2.35. The van der Waals surface area contributed by atoms with E-state index in [-0.39, 0.29) is 6.09 Å². The van der Waals surface area contributed by atoms with E-state index in [4.69, 9.17) is 4.74 Å². The Kier molecular flexibility index (Phi) is 4.03. The summed E-state index contributed by atoms with van der Waals surface area (Å²) in [6.45, 7) is 6.21. The highest BCUT2D eigenvalue weighted by Gasteiger charge is 2.32. The van der Waals surface area contributed by atoms with Crippen LogP contribution >= 0.6 is 0 Å². The van der Waals surface area contributed by atoms with Crippen LogP contribution in [-0.4, -0.2) is 59.9 Å². The molecule has 0 aromatic carbocycles. The molecular formula is C12H22N2O3. The largest absolute Gasteiger partial charge is 0.444 e. The van der Waals surface area contributed by atoms with Crippen molar-refractivity contribution in [2.45, 2.75) is 32.5 Å². The molecule has 17 heavy (non-hydrogen) atoms. The number of aliphatic hydroxyl groups excluding tert-OH is 1. The third-order valence-corrected chi connectivity index (χ3v) is 2.27. The first-order valence-corrected chi connectivity index (χ1v) is 5.72. The molecule has 0 spiro atoms. The van der Waals surface area contributed by atoms with Crippen LogP contribution in [-0.2, 0) is 4.74 Å². The Bertz CT molecular complexity index is 318. The zero-order chi connectivity index (χ0) is 13.2. The third kappa shape index (κ3) is 4.26. The van der Waals surface area contributed by atoms with Gasteiger partial charge in [0.25, 0.3) is 0 Å². The summed E-state index contributed by atoms with van der Waals surface area (Å²) in [5, 5.41) is 9.81. The molecule has 1 heterocycles. The minimum atomic E-state index is -0.593. The van der Waals surface area contributed by atoms with E-state index in [1.54, 1.807) is 0 Å². The first kappa shape index (κ1) is 13.8. The van der Waals surface area contributed by atoms with Gasteiger partial charge in [0.1, 0.15) is 5.60 Å². The van der Waals surface area contributed by atoms with Gasteiger partial charge in [-0.15, -0.1) is 0 Å². The summed E-state index contributed by atoms with van der Waals surface area (Å²) in [6, 6.07) is 0. The second kappa shape index (κ2) is 4.96. The van der Waals surface area contributed by atoms with Gasteiger partial charge in [-0.3, -0.25) is 0 Å². The molecule has 0 aromatic rings. The van der Waals surface area contributed by atoms with Crippen LogP contribution in [0, 0.1) is 0 Å². The summed E-state index contributed by atoms with van der Waals surface area (Å²) in [5.41, 5.74) is 0.330. The first-order valence-electron chi connectivity index (χ1n) is 5.72. The van der Waals surface area contributed by atoms with Crippen molar-refractivity contribution in [3.05, 3.63) is 11.8 Å². The molecule has 1 rings (SSSR count). The zero-order valence-electron chi connectivity index (χ0n) is 11.2. The van der Waals surface area contributed by atoms with Crippen LogP contribution < -0.4 is 0 Å². The van der Waals surface area contributed by atoms with Crippen molar-refractivity contribution in [1.29, 1.82) is 0 Å². The van der Waals surface area contributed by atoms with Gasteiger partial charge in [-0.25, -0.2) is 4.79 Å². The number of carbonyl (C=O) groups is 1. The van der Waals surface area contributed by atoms with E-state index in [9.17, 15) is 9.90 Å². The van der Waals surface area contributed by atoms with Gasteiger partial charge in [0.15, 0.2) is 0 Å². The number of carbonyl (C=O) groups excluding carboxylic acids is 1. The molecular weight excluding hydrogens is 220 g/mol. The van der Waals surface area contributed by atoms with Crippen molar-refractivity contribution in [1.82, 2.24) is 9.80 Å². The summed E-state index contributed by atoms with van der Waals surface area (Å²) >= 11 is 0. The molecule has 5 nitrogen and oxygen atoms in total. The molecule has 1 unspecified atom stereocenters. The fraction of sp³-hybridized carbons (Fsp3) is 0.750. The predicted molar refractivity (Wildman–Crippen MR) is 65.6 cm³/mol. The predicted octanol–water partition coefficient (Wildman–Crippen LogP) is 1.04. The average Bonchev–Trinajstić information content (AvgIpc) is 2.44. The Morgan fingerprint density at radius 2 is 2.12 bits per heavy atom. The lowest BCUT2D eigenvalue weighted by atomic mass is 10.2. The number of nitrogens with zero attached hydrogens (tertiary/aromatic N) is 2. The number of rotatable bonds is 1. The van der Waals surface area contributed by atoms with Gasteiger partial charge >= 0.3 is 6.09 Å². The third-order valence-electron chi connectivity index (χ3n) is 2.27. The molecule has 0 aliphatic carbocycles. The highest BCUT2D eigenvalue weighted by atomic mass is 16.6. The van der Waals surface area contributed by atoms with E-state index in [2.05, 4.69) is 0 Å². The Morgan fingerprint density at radius 3 is 2.59 bits per heavy atom. The van der Waals surface area contributed by atoms with Crippen LogP contribution in [0.15, 0.2) is 11.8 Å². The molecule has 1 aliphatic heterocycles. The topological polar surface area (TPSA) is 53.0 Å². The Labute approximate surface area is 103 Å². The summed E-state index contributed by atoms with van der Waals surface area (Å²) in [7, 11) is 3.77. The van der Waals surface area contributed by atoms with Gasteiger partial charge in [-0.1, -0.05) is 0 Å². The van der Waals surface area contributed by atoms with Gasteiger partial charge in [0, 0.05) is 26.8 Å². The molecule has 98 valence electrons. The van der Waals surface area contributed by atoms with Crippen molar-refractivity contribution < 1.29 is 14.6 Å². The van der Waals surface area contributed by atoms with E-state index in [0.29, 0.717) is 13.1 Å². The summed E-state index contributed by atoms with van der Waals surface area (Å²) in [4.78, 5) is 15.2. The molecule has 0 aromatic heterocycles. The zero-order valence-corrected chi connectivity index (χ0v) is 11.2. The van der Waals surface area contributed by atoms with Crippen LogP contribution in [0.25, 0.3) is 0 Å². The summed E-state index contributed by atoms with van der Waals surface area (Å²) in [6.07, 6.45) is 0.873. The minimum absolute atomic E-state index is 0.300. The van der Waals surface area contributed by atoms with Crippen LogP contribution in [0.5, 0.6) is 0 Å². The highest BCUT2D eigenvalue weighted by molar-refractivity contribution is 5.69. The standard InChI is InChI=1S/C12H22N2O3/c1-12(2,3)17-11(16)14-7-9(6-13(4)5)10(15)8-14/h6,10,15H,7-8H2,1-5H3/b9-6-. The van der Waals surface area contributed by atoms with Crippen LogP contribution in [0.4, 0.5) is 4.79 Å². The number of aliphatic hydroxyl groups is 1. The molecule has 0 saturated carbocycles. The molecule has 1 aliphatic rings. The van der Waals surface area contributed by atoms with E-state index in [1.807, 2.05) is 46.0 Å². The van der Waals surface area contributed by atoms with E-state index in [1.165, 1.54) is 4.90 Å². The molecule has 0 bridgehead atoms. The number of ether oxygens (including phenoxy) is 1. The smallest absolute Gasteiger partial charge is 0.410 e. The molecule has 0 radical (unpaired) electrons. The van der Waals surface area contributed by atoms with E-state index < -0.39 is 11.7 Å². The number of hydrogen-bond donors (Lipinski definition) is 1. The molecule has 1 atom stereocenters. The molecule has 1 amide bonds. The Morgan fingerprint density at radius 1 is 1.53 bits per heavy atom. The van der Waals surface area contributed by atoms with Crippen molar-refractivity contribution in [2.24, 2.45) is 0 Å². The van der Waals surface area contributed by atoms with E-state index >= 15 is 0 Å². The average molecular weight is 242 g/mol. The van der Waals surface area contributed by atoms with Crippen molar-refractivity contribution in [3.63, 3.8) is 0 Å². The number of likely N-dealkylation sites (tertiary alicyclic amines) is 1. The fourth-order valence-electron chi connectivity index (χ4n) is 1.64. The number of amides is 1. The van der Waals surface area contributed by atoms with Gasteiger partial charge in [0.2, 0.25) is 0 Å². The first-order chi connectivity index (χ1) is 7.69. The summed E-state index contributed by atoms with van der Waals surface area (Å²) < 4.78 is 5.26. The Hall–Kier alpha value is -1.23. The van der Waals surface area contributed by atoms with Crippen LogP contribution in [0.2, 0.25) is 0 Å². The maximum atomic E-state index is 11.8. The number of hydrogen-bond acceptors (Lipinski definition) is 4. The maximum Gasteiger partial charge on any atom is 0.410 e. The monoisotopic (exact) mass is 242 g/mol. The second-order valence-electron chi connectivity index (χ2n) is 5.54. The Balaban J connectivity index is 2.63. The van der Waals surface area contributed by atoms with Crippen LogP contribution in [0.1, 0.15) is 20.8 Å². The van der Waals surface area contributed by atoms with Gasteiger partial charge in [-0.2, -0.15) is 0 Å². The highest BCUT2D eigenvalue weighted by Crippen LogP contribution is 2.19. The fourth-order valence-corrected chi connectivity index (χ4v) is 1.64. The van der Waals surface area contributed by atoms with Crippen molar-refractivity contribution >= 4 is 6.09 Å². The van der Waals surface area contributed by atoms with Gasteiger partial charge in [-0.05, 0) is 26.3 Å². The molecule has 1 fully saturated rings. The molecule has 5 heteroatoms. The minimum Gasteiger partial charge on any atom is -0.444 e. The molecule has 1 saturated heterocycles. The van der Waals surface area contributed by atoms with Crippen molar-refractivity contribution in [3.8, 4) is 0 Å². The maximum absolute atomic E-state index is 11.8. The van der Waals surface area contributed by atoms with E-state index in [0.717, 1.165) is 5.57 Å². The van der Waals surface area contributed by atoms with Gasteiger partial charge < -0.3 is 19.6 Å². The SMILES string of the molecule is CN(C)/C=C1/CN(C(=O)OC(C)(C)C)CC1O. The second-order valence-corrected chi connectivity index (χ2v) is 5.54. The molecule has 1 N–H and O–H groups in total. The normalized spacial score (nSPS) is 23.1. The number of β-amino-alcohol motifs (C(OH)–C–C–N with tert-alkyl or cyclic N) is 1. The quantitative estimate of drug-likeness (QED) is 0.746. The lowest BCUT2D eigenvalue weighted by molar-refractivity contribution is 0.0270. The lowest BCUT2D eigenvalue weighted by Gasteiger charge is -2.23. The van der Waals surface area contributed by atoms with Crippen LogP contribution in [0.3, 0.4) is 0 Å². The summed E-state index contributed by atoms with van der Waals surface area (Å²) in [5.74, 6) is 0. The van der Waals surface area contributed by atoms with Crippen molar-refractivity contribution in [2.75, 3.05) is 27.2 Å².